The van der Waals surface area contributed by atoms with Crippen LogP contribution in [-0.4, -0.2) is 29.5 Å². The van der Waals surface area contributed by atoms with Gasteiger partial charge in [-0.3, -0.25) is 0 Å². The number of rotatable bonds is 2. The number of nitrogens with zero attached hydrogens (tertiary/aromatic N) is 2. The van der Waals surface area contributed by atoms with Gasteiger partial charge in [0.15, 0.2) is 0 Å². The molecule has 0 amide bonds. The lowest BCUT2D eigenvalue weighted by Crippen LogP contribution is -1.99. The Hall–Kier alpha value is -1.43. The molecule has 0 saturated heterocycles. The van der Waals surface area contributed by atoms with Crippen molar-refractivity contribution in [2.45, 2.75) is 6.92 Å². The van der Waals surface area contributed by atoms with E-state index in [1.165, 1.54) is 13.3 Å². The monoisotopic (exact) mass is 200 g/mol. The Morgan fingerprint density at radius 3 is 3.00 bits per heavy atom. The molecule has 1 heterocycles. The van der Waals surface area contributed by atoms with E-state index in [2.05, 4.69) is 14.9 Å². The van der Waals surface area contributed by atoms with Gasteiger partial charge in [-0.2, -0.15) is 0 Å². The van der Waals surface area contributed by atoms with Crippen LogP contribution in [0.15, 0.2) is 5.16 Å². The third kappa shape index (κ3) is 2.03. The molecule has 6 heteroatoms. The fourth-order valence-corrected chi connectivity index (χ4v) is 1.66. The summed E-state index contributed by atoms with van der Waals surface area (Å²) in [5.41, 5.74) is 0.576. The molecular weight excluding hydrogens is 192 g/mol. The van der Waals surface area contributed by atoms with Gasteiger partial charge in [0, 0.05) is 0 Å². The number of esters is 1. The molecule has 1 aromatic heterocycles. The van der Waals surface area contributed by atoms with E-state index in [9.17, 15) is 4.79 Å². The average Bonchev–Trinajstić information content (AvgIpc) is 2.46. The van der Waals surface area contributed by atoms with E-state index in [0.29, 0.717) is 15.6 Å². The standard InChI is InChI=1S/C7H8N2O3S/c1-4-6(7(10)12-2)13-5(9-4)3-8-11/h3,11H,1-2H3. The van der Waals surface area contributed by atoms with Crippen LogP contribution in [0.3, 0.4) is 0 Å². The first-order valence-corrected chi connectivity index (χ1v) is 4.24. The normalized spacial score (nSPS) is 10.6. The highest BCUT2D eigenvalue weighted by atomic mass is 32.1. The number of carbonyl (C=O) groups excluding carboxylic acids is 1. The molecule has 0 bridgehead atoms. The topological polar surface area (TPSA) is 71.8 Å². The van der Waals surface area contributed by atoms with E-state index in [1.807, 2.05) is 0 Å². The number of thiazole rings is 1. The Morgan fingerprint density at radius 2 is 2.46 bits per heavy atom. The highest BCUT2D eigenvalue weighted by Gasteiger charge is 2.14. The van der Waals surface area contributed by atoms with Gasteiger partial charge in [-0.1, -0.05) is 5.16 Å². The maximum atomic E-state index is 11.1. The molecule has 1 aromatic rings. The number of oxime groups is 1. The van der Waals surface area contributed by atoms with Gasteiger partial charge >= 0.3 is 5.97 Å². The highest BCUT2D eigenvalue weighted by Crippen LogP contribution is 2.17. The van der Waals surface area contributed by atoms with Gasteiger partial charge in [0.1, 0.15) is 16.1 Å². The summed E-state index contributed by atoms with van der Waals surface area (Å²) in [4.78, 5) is 15.5. The minimum absolute atomic E-state index is 0.424. The molecule has 70 valence electrons. The summed E-state index contributed by atoms with van der Waals surface area (Å²) in [6.07, 6.45) is 1.17. The zero-order valence-electron chi connectivity index (χ0n) is 7.14. The molecule has 0 aliphatic heterocycles. The van der Waals surface area contributed by atoms with Crippen molar-refractivity contribution in [3.63, 3.8) is 0 Å². The number of hydrogen-bond donors (Lipinski definition) is 1. The Balaban J connectivity index is 3.02. The van der Waals surface area contributed by atoms with Crippen molar-refractivity contribution < 1.29 is 14.7 Å². The molecule has 5 nitrogen and oxygen atoms in total. The van der Waals surface area contributed by atoms with Crippen LogP contribution in [0.5, 0.6) is 0 Å². The lowest BCUT2D eigenvalue weighted by molar-refractivity contribution is 0.0605. The van der Waals surface area contributed by atoms with E-state index in [4.69, 9.17) is 5.21 Å². The molecule has 0 spiro atoms. The van der Waals surface area contributed by atoms with Gasteiger partial charge in [-0.05, 0) is 6.92 Å². The predicted octanol–water partition coefficient (Wildman–Crippen LogP) is 1.05. The molecule has 0 radical (unpaired) electrons. The molecular formula is C7H8N2O3S. The van der Waals surface area contributed by atoms with Crippen LogP contribution in [0.4, 0.5) is 0 Å². The molecule has 0 fully saturated rings. The van der Waals surface area contributed by atoms with E-state index in [-0.39, 0.29) is 0 Å². The quantitative estimate of drug-likeness (QED) is 0.335. The summed E-state index contributed by atoms with van der Waals surface area (Å²) < 4.78 is 4.53. The minimum Gasteiger partial charge on any atom is -0.465 e. The largest absolute Gasteiger partial charge is 0.465 e. The van der Waals surface area contributed by atoms with Crippen LogP contribution in [0, 0.1) is 6.92 Å². The van der Waals surface area contributed by atoms with Gasteiger partial charge < -0.3 is 9.94 Å². The number of aromatic nitrogens is 1. The summed E-state index contributed by atoms with van der Waals surface area (Å²) in [6.45, 7) is 1.69. The minimum atomic E-state index is -0.424. The van der Waals surface area contributed by atoms with Crippen molar-refractivity contribution >= 4 is 23.5 Å². The van der Waals surface area contributed by atoms with Gasteiger partial charge in [0.25, 0.3) is 0 Å². The molecule has 1 rings (SSSR count). The lowest BCUT2D eigenvalue weighted by atomic mass is 10.4. The van der Waals surface area contributed by atoms with Crippen LogP contribution in [0.25, 0.3) is 0 Å². The molecule has 0 aromatic carbocycles. The van der Waals surface area contributed by atoms with Crippen molar-refractivity contribution in [2.24, 2.45) is 5.16 Å². The third-order valence-corrected chi connectivity index (χ3v) is 2.42. The molecule has 1 N–H and O–H groups in total. The van der Waals surface area contributed by atoms with Crippen LogP contribution in [0.2, 0.25) is 0 Å². The van der Waals surface area contributed by atoms with Gasteiger partial charge in [0.2, 0.25) is 0 Å². The maximum absolute atomic E-state index is 11.1. The highest BCUT2D eigenvalue weighted by molar-refractivity contribution is 7.15. The van der Waals surface area contributed by atoms with Crippen LogP contribution in [-0.2, 0) is 4.74 Å². The average molecular weight is 200 g/mol. The van der Waals surface area contributed by atoms with Crippen molar-refractivity contribution in [3.05, 3.63) is 15.6 Å². The van der Waals surface area contributed by atoms with E-state index in [0.717, 1.165) is 11.3 Å². The summed E-state index contributed by atoms with van der Waals surface area (Å²) in [5, 5.41) is 11.5. The van der Waals surface area contributed by atoms with E-state index >= 15 is 0 Å². The Bertz CT molecular complexity index is 346. The molecule has 0 saturated carbocycles. The maximum Gasteiger partial charge on any atom is 0.349 e. The number of ether oxygens (including phenoxy) is 1. The zero-order valence-corrected chi connectivity index (χ0v) is 7.96. The van der Waals surface area contributed by atoms with Crippen molar-refractivity contribution in [1.82, 2.24) is 4.98 Å². The Kier molecular flexibility index (Phi) is 2.97. The molecule has 13 heavy (non-hydrogen) atoms. The number of methoxy groups -OCH3 is 1. The number of hydrogen-bond acceptors (Lipinski definition) is 6. The fourth-order valence-electron chi connectivity index (χ4n) is 0.804. The second-order valence-corrected chi connectivity index (χ2v) is 3.23. The summed E-state index contributed by atoms with van der Waals surface area (Å²) in [5.74, 6) is -0.424. The Labute approximate surface area is 78.7 Å². The summed E-state index contributed by atoms with van der Waals surface area (Å²) in [6, 6.07) is 0. The molecule has 0 atom stereocenters. The molecule has 0 aliphatic rings. The second kappa shape index (κ2) is 3.99. The van der Waals surface area contributed by atoms with Crippen molar-refractivity contribution in [3.8, 4) is 0 Å². The number of aryl methyl sites for hydroxylation is 1. The molecule has 0 aliphatic carbocycles. The Morgan fingerprint density at radius 1 is 1.77 bits per heavy atom. The third-order valence-electron chi connectivity index (χ3n) is 1.35. The smallest absolute Gasteiger partial charge is 0.349 e. The molecule has 0 unspecified atom stereocenters. The first-order valence-electron chi connectivity index (χ1n) is 3.42. The van der Waals surface area contributed by atoms with Gasteiger partial charge in [-0.25, -0.2) is 9.78 Å². The SMILES string of the molecule is COC(=O)c1sc(C=NO)nc1C. The van der Waals surface area contributed by atoms with Gasteiger partial charge in [0.05, 0.1) is 12.8 Å². The predicted molar refractivity (Wildman–Crippen MR) is 47.6 cm³/mol. The first kappa shape index (κ1) is 9.66. The van der Waals surface area contributed by atoms with Crippen LogP contribution in [0.1, 0.15) is 20.4 Å². The number of carbonyl (C=O) groups is 1. The first-order chi connectivity index (χ1) is 6.19. The summed E-state index contributed by atoms with van der Waals surface area (Å²) in [7, 11) is 1.31. The second-order valence-electron chi connectivity index (χ2n) is 2.20. The van der Waals surface area contributed by atoms with Crippen molar-refractivity contribution in [1.29, 1.82) is 0 Å². The van der Waals surface area contributed by atoms with Crippen LogP contribution < -0.4 is 0 Å². The van der Waals surface area contributed by atoms with Gasteiger partial charge in [-0.15, -0.1) is 11.3 Å². The van der Waals surface area contributed by atoms with E-state index < -0.39 is 5.97 Å². The summed E-state index contributed by atoms with van der Waals surface area (Å²) >= 11 is 1.12. The fraction of sp³-hybridized carbons (Fsp3) is 0.286. The van der Waals surface area contributed by atoms with Crippen molar-refractivity contribution in [2.75, 3.05) is 7.11 Å². The van der Waals surface area contributed by atoms with Crippen LogP contribution >= 0.6 is 11.3 Å². The van der Waals surface area contributed by atoms with E-state index in [1.54, 1.807) is 6.92 Å². The lowest BCUT2D eigenvalue weighted by Gasteiger charge is -1.92. The zero-order chi connectivity index (χ0) is 9.84.